The normalized spacial score (nSPS) is 18.7. The minimum Gasteiger partial charge on any atom is -0.465 e. The van der Waals surface area contributed by atoms with Crippen LogP contribution in [0.4, 0.5) is 0 Å². The molecule has 0 unspecified atom stereocenters. The first kappa shape index (κ1) is 12.2. The average molecular weight is 213 g/mol. The number of likely N-dealkylation sites (tertiary alicyclic amines) is 1. The van der Waals surface area contributed by atoms with Crippen molar-refractivity contribution < 1.29 is 14.3 Å². The van der Waals surface area contributed by atoms with Crippen molar-refractivity contribution in [2.24, 2.45) is 0 Å². The van der Waals surface area contributed by atoms with Crippen LogP contribution in [0.25, 0.3) is 0 Å². The van der Waals surface area contributed by atoms with Crippen molar-refractivity contribution in [3.8, 4) is 0 Å². The lowest BCUT2D eigenvalue weighted by Gasteiger charge is -2.24. The molecule has 86 valence electrons. The van der Waals surface area contributed by atoms with Gasteiger partial charge in [-0.3, -0.25) is 9.69 Å². The lowest BCUT2D eigenvalue weighted by molar-refractivity contribution is -0.149. The average Bonchev–Trinajstić information content (AvgIpc) is 2.72. The maximum atomic E-state index is 11.7. The van der Waals surface area contributed by atoms with Gasteiger partial charge >= 0.3 is 5.97 Å². The maximum absolute atomic E-state index is 11.7. The molecule has 0 spiro atoms. The van der Waals surface area contributed by atoms with E-state index in [-0.39, 0.29) is 12.0 Å². The van der Waals surface area contributed by atoms with Crippen molar-refractivity contribution in [3.63, 3.8) is 0 Å². The van der Waals surface area contributed by atoms with Crippen LogP contribution in [0.2, 0.25) is 0 Å². The van der Waals surface area contributed by atoms with Crippen LogP contribution in [0, 0.1) is 0 Å². The summed E-state index contributed by atoms with van der Waals surface area (Å²) in [5.41, 5.74) is 0. The van der Waals surface area contributed by atoms with Gasteiger partial charge in [-0.25, -0.2) is 0 Å². The highest BCUT2D eigenvalue weighted by atomic mass is 16.5. The molecule has 0 aromatic carbocycles. The summed E-state index contributed by atoms with van der Waals surface area (Å²) in [6, 6.07) is -0.211. The molecule has 0 amide bonds. The number of hydrogen-bond acceptors (Lipinski definition) is 4. The van der Waals surface area contributed by atoms with Crippen LogP contribution in [0.15, 0.2) is 0 Å². The molecule has 1 aliphatic rings. The van der Waals surface area contributed by atoms with Gasteiger partial charge in [0.25, 0.3) is 0 Å². The van der Waals surface area contributed by atoms with Gasteiger partial charge in [0.15, 0.2) is 0 Å². The summed E-state index contributed by atoms with van der Waals surface area (Å²) in [4.78, 5) is 24.1. The second-order valence-corrected chi connectivity index (χ2v) is 3.75. The van der Waals surface area contributed by atoms with E-state index in [0.717, 1.165) is 32.2 Å². The van der Waals surface area contributed by atoms with E-state index in [1.807, 2.05) is 0 Å². The Hall–Kier alpha value is -0.900. The van der Waals surface area contributed by atoms with E-state index in [1.54, 1.807) is 6.92 Å². The van der Waals surface area contributed by atoms with Crippen LogP contribution in [-0.2, 0) is 14.3 Å². The van der Waals surface area contributed by atoms with Crippen LogP contribution < -0.4 is 0 Å². The van der Waals surface area contributed by atoms with Gasteiger partial charge in [-0.15, -0.1) is 0 Å². The van der Waals surface area contributed by atoms with Crippen molar-refractivity contribution >= 4 is 12.3 Å². The van der Waals surface area contributed by atoms with Crippen molar-refractivity contribution in [1.82, 2.24) is 4.90 Å². The standard InChI is InChI=1S/C11H19NO3/c1-2-15-11(14)10(6-5-9-13)12-7-3-4-8-12/h9-10H,2-8H2,1H3/t10-/m0/s1. The van der Waals surface area contributed by atoms with Crippen LogP contribution in [0.5, 0.6) is 0 Å². The molecule has 0 bridgehead atoms. The van der Waals surface area contributed by atoms with E-state index < -0.39 is 0 Å². The first-order chi connectivity index (χ1) is 7.29. The zero-order valence-corrected chi connectivity index (χ0v) is 9.28. The summed E-state index contributed by atoms with van der Waals surface area (Å²) >= 11 is 0. The fourth-order valence-electron chi connectivity index (χ4n) is 1.97. The highest BCUT2D eigenvalue weighted by Gasteiger charge is 2.28. The fourth-order valence-corrected chi connectivity index (χ4v) is 1.97. The van der Waals surface area contributed by atoms with E-state index in [2.05, 4.69) is 4.90 Å². The first-order valence-corrected chi connectivity index (χ1v) is 5.64. The summed E-state index contributed by atoms with van der Waals surface area (Å²) in [7, 11) is 0. The quantitative estimate of drug-likeness (QED) is 0.487. The third-order valence-electron chi connectivity index (χ3n) is 2.70. The van der Waals surface area contributed by atoms with Gasteiger partial charge in [0.1, 0.15) is 12.3 Å². The Kier molecular flexibility index (Phi) is 5.32. The number of hydrogen-bond donors (Lipinski definition) is 0. The molecule has 1 heterocycles. The van der Waals surface area contributed by atoms with Crippen molar-refractivity contribution in [2.45, 2.75) is 38.6 Å². The van der Waals surface area contributed by atoms with Gasteiger partial charge in [0, 0.05) is 6.42 Å². The molecular weight excluding hydrogens is 194 g/mol. The number of carbonyl (C=O) groups excluding carboxylic acids is 2. The number of aldehydes is 1. The molecule has 0 radical (unpaired) electrons. The minimum atomic E-state index is -0.211. The second-order valence-electron chi connectivity index (χ2n) is 3.75. The lowest BCUT2D eigenvalue weighted by atomic mass is 10.1. The van der Waals surface area contributed by atoms with E-state index in [1.165, 1.54) is 0 Å². The molecule has 1 fully saturated rings. The van der Waals surface area contributed by atoms with Gasteiger partial charge in [-0.05, 0) is 39.3 Å². The van der Waals surface area contributed by atoms with E-state index >= 15 is 0 Å². The van der Waals surface area contributed by atoms with Crippen molar-refractivity contribution in [1.29, 1.82) is 0 Å². The number of nitrogens with zero attached hydrogens (tertiary/aromatic N) is 1. The topological polar surface area (TPSA) is 46.6 Å². The molecule has 0 N–H and O–H groups in total. The van der Waals surface area contributed by atoms with Gasteiger partial charge in [0.05, 0.1) is 6.61 Å². The minimum absolute atomic E-state index is 0.179. The SMILES string of the molecule is CCOC(=O)[C@H](CCC=O)N1CCCC1. The molecule has 0 aromatic rings. The van der Waals surface area contributed by atoms with Crippen LogP contribution in [-0.4, -0.2) is 42.9 Å². The highest BCUT2D eigenvalue weighted by Crippen LogP contribution is 2.16. The van der Waals surface area contributed by atoms with Crippen molar-refractivity contribution in [2.75, 3.05) is 19.7 Å². The summed E-state index contributed by atoms with van der Waals surface area (Å²) in [5.74, 6) is -0.179. The van der Waals surface area contributed by atoms with Crippen LogP contribution in [0.3, 0.4) is 0 Å². The van der Waals surface area contributed by atoms with Gasteiger partial charge in [-0.2, -0.15) is 0 Å². The Morgan fingerprint density at radius 2 is 2.13 bits per heavy atom. The number of rotatable bonds is 6. The highest BCUT2D eigenvalue weighted by molar-refractivity contribution is 5.76. The number of ether oxygens (including phenoxy) is 1. The Balaban J connectivity index is 2.50. The predicted molar refractivity (Wildman–Crippen MR) is 56.5 cm³/mol. The summed E-state index contributed by atoms with van der Waals surface area (Å²) in [6.45, 7) is 4.10. The predicted octanol–water partition coefficient (Wildman–Crippen LogP) is 0.993. The molecule has 1 atom stereocenters. The molecule has 15 heavy (non-hydrogen) atoms. The molecule has 1 aliphatic heterocycles. The smallest absolute Gasteiger partial charge is 0.323 e. The Morgan fingerprint density at radius 3 is 2.67 bits per heavy atom. The molecule has 1 saturated heterocycles. The van der Waals surface area contributed by atoms with E-state index in [0.29, 0.717) is 19.4 Å². The summed E-state index contributed by atoms with van der Waals surface area (Å²) in [5, 5.41) is 0. The van der Waals surface area contributed by atoms with Gasteiger partial charge in [-0.1, -0.05) is 0 Å². The molecule has 4 heteroatoms. The monoisotopic (exact) mass is 213 g/mol. The van der Waals surface area contributed by atoms with Crippen LogP contribution in [0.1, 0.15) is 32.6 Å². The third-order valence-corrected chi connectivity index (χ3v) is 2.70. The zero-order chi connectivity index (χ0) is 11.1. The Morgan fingerprint density at radius 1 is 1.47 bits per heavy atom. The summed E-state index contributed by atoms with van der Waals surface area (Å²) in [6.07, 6.45) is 4.15. The van der Waals surface area contributed by atoms with Crippen LogP contribution >= 0.6 is 0 Å². The van der Waals surface area contributed by atoms with Gasteiger partial charge in [0.2, 0.25) is 0 Å². The zero-order valence-electron chi connectivity index (χ0n) is 9.28. The molecule has 4 nitrogen and oxygen atoms in total. The molecular formula is C11H19NO3. The van der Waals surface area contributed by atoms with E-state index in [4.69, 9.17) is 4.74 Å². The van der Waals surface area contributed by atoms with Gasteiger partial charge < -0.3 is 9.53 Å². The molecule has 1 rings (SSSR count). The molecule has 0 aromatic heterocycles. The maximum Gasteiger partial charge on any atom is 0.323 e. The molecule has 0 aliphatic carbocycles. The Bertz CT molecular complexity index is 212. The Labute approximate surface area is 90.6 Å². The fraction of sp³-hybridized carbons (Fsp3) is 0.818. The summed E-state index contributed by atoms with van der Waals surface area (Å²) < 4.78 is 5.02. The van der Waals surface area contributed by atoms with E-state index in [9.17, 15) is 9.59 Å². The number of esters is 1. The second kappa shape index (κ2) is 6.56. The molecule has 0 saturated carbocycles. The largest absolute Gasteiger partial charge is 0.465 e. The third kappa shape index (κ3) is 3.63. The first-order valence-electron chi connectivity index (χ1n) is 5.64. The van der Waals surface area contributed by atoms with Crippen molar-refractivity contribution in [3.05, 3.63) is 0 Å². The lowest BCUT2D eigenvalue weighted by Crippen LogP contribution is -2.40. The number of carbonyl (C=O) groups is 2.